The number of hydrogen-bond donors (Lipinski definition) is 0. The third-order valence-electron chi connectivity index (χ3n) is 11.2. The molecule has 0 saturated heterocycles. The fourth-order valence-electron chi connectivity index (χ4n) is 8.68. The van der Waals surface area contributed by atoms with Crippen molar-refractivity contribution in [3.05, 3.63) is 206 Å². The Morgan fingerprint density at radius 2 is 0.818 bits per heavy atom. The van der Waals surface area contributed by atoms with Gasteiger partial charge in [-0.05, 0) is 95.3 Å². The van der Waals surface area contributed by atoms with Crippen LogP contribution >= 0.6 is 0 Å². The van der Waals surface area contributed by atoms with Crippen molar-refractivity contribution in [3.8, 4) is 50.3 Å². The molecule has 2 nitrogen and oxygen atoms in total. The molecule has 10 aromatic carbocycles. The van der Waals surface area contributed by atoms with Gasteiger partial charge in [0.25, 0.3) is 0 Å². The third-order valence-corrected chi connectivity index (χ3v) is 11.2. The topological polar surface area (TPSA) is 17.8 Å². The Kier molecular flexibility index (Phi) is 7.21. The summed E-state index contributed by atoms with van der Waals surface area (Å²) < 4.78 is 2.14. The summed E-state index contributed by atoms with van der Waals surface area (Å²) in [5, 5.41) is 16.5. The number of para-hydroxylation sites is 1. The maximum Gasteiger partial charge on any atom is 0.101 e. The van der Waals surface area contributed by atoms with Crippen LogP contribution in [0.15, 0.2) is 206 Å². The summed E-state index contributed by atoms with van der Waals surface area (Å²) in [4.78, 5) is 0. The molecule has 0 atom stereocenters. The van der Waals surface area contributed by atoms with Gasteiger partial charge in [-0.15, -0.1) is 0 Å². The Bertz CT molecular complexity index is 3170. The van der Waals surface area contributed by atoms with E-state index >= 15 is 0 Å². The van der Waals surface area contributed by atoms with Gasteiger partial charge in [-0.1, -0.05) is 182 Å². The highest BCUT2D eigenvalue weighted by Gasteiger charge is 2.22. The Morgan fingerprint density at radius 1 is 0.327 bits per heavy atom. The second-order valence-electron chi connectivity index (χ2n) is 14.3. The van der Waals surface area contributed by atoms with Crippen LogP contribution in [-0.4, -0.2) is 9.78 Å². The van der Waals surface area contributed by atoms with Crippen molar-refractivity contribution in [1.29, 1.82) is 0 Å². The van der Waals surface area contributed by atoms with Gasteiger partial charge in [0.15, 0.2) is 0 Å². The van der Waals surface area contributed by atoms with Crippen LogP contribution in [0.4, 0.5) is 0 Å². The summed E-state index contributed by atoms with van der Waals surface area (Å²) >= 11 is 0. The van der Waals surface area contributed by atoms with Gasteiger partial charge in [-0.2, -0.15) is 5.10 Å². The first-order valence-electron chi connectivity index (χ1n) is 18.9. The van der Waals surface area contributed by atoms with Gasteiger partial charge in [0.05, 0.1) is 11.2 Å². The molecule has 0 aliphatic heterocycles. The van der Waals surface area contributed by atoms with E-state index < -0.39 is 0 Å². The minimum Gasteiger partial charge on any atom is -0.232 e. The van der Waals surface area contributed by atoms with E-state index in [4.69, 9.17) is 5.10 Å². The third kappa shape index (κ3) is 5.07. The highest BCUT2D eigenvalue weighted by Crippen LogP contribution is 2.46. The van der Waals surface area contributed by atoms with Crippen molar-refractivity contribution >= 4 is 54.0 Å². The highest BCUT2D eigenvalue weighted by molar-refractivity contribution is 6.22. The fraction of sp³-hybridized carbons (Fsp3) is 0. The van der Waals surface area contributed by atoms with Crippen LogP contribution in [0.5, 0.6) is 0 Å². The summed E-state index contributed by atoms with van der Waals surface area (Å²) in [7, 11) is 0. The first-order chi connectivity index (χ1) is 27.3. The quantitative estimate of drug-likeness (QED) is 0.164. The Hall–Kier alpha value is -7.29. The molecule has 0 aliphatic carbocycles. The molecule has 2 heteroatoms. The lowest BCUT2D eigenvalue weighted by molar-refractivity contribution is 0.918. The second kappa shape index (κ2) is 12.7. The first-order valence-corrected chi connectivity index (χ1v) is 18.9. The van der Waals surface area contributed by atoms with Crippen LogP contribution in [0.1, 0.15) is 0 Å². The molecule has 11 aromatic rings. The molecule has 0 saturated carbocycles. The number of fused-ring (bicyclic) bond motifs is 6. The minimum absolute atomic E-state index is 0.969. The molecule has 1 heterocycles. The summed E-state index contributed by atoms with van der Waals surface area (Å²) in [6.45, 7) is 0. The Balaban J connectivity index is 1.14. The van der Waals surface area contributed by atoms with Gasteiger partial charge in [0, 0.05) is 16.3 Å². The molecular weight excluding hydrogens is 665 g/mol. The lowest BCUT2D eigenvalue weighted by Gasteiger charge is -2.18. The average molecular weight is 699 g/mol. The van der Waals surface area contributed by atoms with Crippen molar-refractivity contribution in [2.75, 3.05) is 0 Å². The Morgan fingerprint density at radius 3 is 1.47 bits per heavy atom. The smallest absolute Gasteiger partial charge is 0.101 e. The molecule has 0 aliphatic rings. The van der Waals surface area contributed by atoms with Crippen LogP contribution in [0.2, 0.25) is 0 Å². The largest absolute Gasteiger partial charge is 0.232 e. The maximum atomic E-state index is 5.45. The van der Waals surface area contributed by atoms with Crippen molar-refractivity contribution in [1.82, 2.24) is 9.78 Å². The molecule has 0 spiro atoms. The van der Waals surface area contributed by atoms with Gasteiger partial charge >= 0.3 is 0 Å². The van der Waals surface area contributed by atoms with Crippen molar-refractivity contribution in [2.24, 2.45) is 0 Å². The zero-order valence-corrected chi connectivity index (χ0v) is 30.0. The predicted molar refractivity (Wildman–Crippen MR) is 233 cm³/mol. The number of nitrogens with zero attached hydrogens (tertiary/aromatic N) is 2. The van der Waals surface area contributed by atoms with Crippen LogP contribution in [0.25, 0.3) is 104 Å². The van der Waals surface area contributed by atoms with Crippen LogP contribution in [0.3, 0.4) is 0 Å². The number of rotatable bonds is 5. The summed E-state index contributed by atoms with van der Waals surface area (Å²) in [5.74, 6) is 0. The highest BCUT2D eigenvalue weighted by atomic mass is 15.3. The first kappa shape index (κ1) is 31.3. The summed E-state index contributed by atoms with van der Waals surface area (Å²) in [6.07, 6.45) is 0. The number of aromatic nitrogens is 2. The summed E-state index contributed by atoms with van der Waals surface area (Å²) in [6, 6.07) is 74.6. The summed E-state index contributed by atoms with van der Waals surface area (Å²) in [5.41, 5.74) is 11.5. The molecule has 256 valence electrons. The van der Waals surface area contributed by atoms with Gasteiger partial charge in [-0.25, -0.2) is 4.68 Å². The van der Waals surface area contributed by atoms with Gasteiger partial charge in [0.1, 0.15) is 5.69 Å². The predicted octanol–water partition coefficient (Wildman–Crippen LogP) is 14.3. The Labute approximate surface area is 319 Å². The molecule has 0 N–H and O–H groups in total. The standard InChI is InChI=1S/C53H34N2/c1-3-16-36(17-4-1)48-34-40-19-9-10-22-43(40)53-51(48)52(54-55(53)42-20-5-2-6-21-42)38-30-28-37(29-31-38)49-44-23-11-13-25-46(44)50(47-26-14-12-24-45(47)49)41-32-27-35-15-7-8-18-39(35)33-41/h1-34H. The van der Waals surface area contributed by atoms with E-state index in [1.807, 2.05) is 0 Å². The van der Waals surface area contributed by atoms with Gasteiger partial charge in [-0.3, -0.25) is 0 Å². The molecule has 0 fully saturated rings. The van der Waals surface area contributed by atoms with Crippen molar-refractivity contribution < 1.29 is 0 Å². The molecule has 55 heavy (non-hydrogen) atoms. The van der Waals surface area contributed by atoms with Crippen LogP contribution in [0, 0.1) is 0 Å². The zero-order valence-electron chi connectivity index (χ0n) is 30.0. The van der Waals surface area contributed by atoms with E-state index in [1.54, 1.807) is 0 Å². The van der Waals surface area contributed by atoms with Gasteiger partial charge in [0.2, 0.25) is 0 Å². The van der Waals surface area contributed by atoms with E-state index in [2.05, 4.69) is 211 Å². The fourth-order valence-corrected chi connectivity index (χ4v) is 8.68. The van der Waals surface area contributed by atoms with E-state index in [0.717, 1.165) is 27.8 Å². The second-order valence-corrected chi connectivity index (χ2v) is 14.3. The zero-order chi connectivity index (χ0) is 36.3. The SMILES string of the molecule is c1ccc(-c2cc3ccccc3c3c2c(-c2ccc(-c4c5ccccc5c(-c5ccc6ccccc6c5)c5ccccc45)cc2)nn3-c2ccccc2)cc1. The van der Waals surface area contributed by atoms with Crippen LogP contribution in [-0.2, 0) is 0 Å². The lowest BCUT2D eigenvalue weighted by Crippen LogP contribution is -1.96. The minimum atomic E-state index is 0.969. The molecule has 11 rings (SSSR count). The molecule has 0 bridgehead atoms. The van der Waals surface area contributed by atoms with Crippen molar-refractivity contribution in [2.45, 2.75) is 0 Å². The molecule has 0 amide bonds. The normalized spacial score (nSPS) is 11.6. The monoisotopic (exact) mass is 698 g/mol. The lowest BCUT2D eigenvalue weighted by atomic mass is 9.85. The van der Waals surface area contributed by atoms with Gasteiger partial charge < -0.3 is 0 Å². The molecule has 0 unspecified atom stereocenters. The average Bonchev–Trinajstić information content (AvgIpc) is 3.67. The number of benzene rings is 10. The van der Waals surface area contributed by atoms with E-state index in [9.17, 15) is 0 Å². The molecule has 0 radical (unpaired) electrons. The van der Waals surface area contributed by atoms with E-state index in [-0.39, 0.29) is 0 Å². The van der Waals surface area contributed by atoms with E-state index in [0.29, 0.717) is 0 Å². The maximum absolute atomic E-state index is 5.45. The molecule has 1 aromatic heterocycles. The number of hydrogen-bond acceptors (Lipinski definition) is 1. The van der Waals surface area contributed by atoms with Crippen molar-refractivity contribution in [3.63, 3.8) is 0 Å². The van der Waals surface area contributed by atoms with Crippen LogP contribution < -0.4 is 0 Å². The molecular formula is C53H34N2. The van der Waals surface area contributed by atoms with E-state index in [1.165, 1.54) is 76.5 Å².